The third-order valence-corrected chi connectivity index (χ3v) is 5.22. The molecule has 0 saturated heterocycles. The summed E-state index contributed by atoms with van der Waals surface area (Å²) in [4.78, 5) is 30.8. The third-order valence-electron chi connectivity index (χ3n) is 5.22. The monoisotopic (exact) mass is 404 g/mol. The fourth-order valence-corrected chi connectivity index (χ4v) is 3.96. The lowest BCUT2D eigenvalue weighted by Crippen LogP contribution is -2.24. The van der Waals surface area contributed by atoms with Crippen LogP contribution in [-0.2, 0) is 16.0 Å². The molecule has 2 heterocycles. The van der Waals surface area contributed by atoms with Crippen LogP contribution in [0.2, 0.25) is 0 Å². The molecule has 1 atom stereocenters. The fraction of sp³-hybridized carbons (Fsp3) is 0.292. The minimum Gasteiger partial charge on any atom is -0.494 e. The van der Waals surface area contributed by atoms with E-state index < -0.39 is 11.9 Å². The Balaban J connectivity index is 1.90. The van der Waals surface area contributed by atoms with Crippen molar-refractivity contribution >= 4 is 29.0 Å². The quantitative estimate of drug-likeness (QED) is 0.603. The van der Waals surface area contributed by atoms with Crippen molar-refractivity contribution in [2.24, 2.45) is 4.99 Å². The molecule has 1 unspecified atom stereocenters. The van der Waals surface area contributed by atoms with Gasteiger partial charge in [-0.05, 0) is 56.2 Å². The van der Waals surface area contributed by atoms with Gasteiger partial charge in [0.15, 0.2) is 0 Å². The van der Waals surface area contributed by atoms with E-state index >= 15 is 0 Å². The normalized spacial score (nSPS) is 15.5. The first-order valence-corrected chi connectivity index (χ1v) is 10.2. The Hall–Kier alpha value is -3.41. The van der Waals surface area contributed by atoms with E-state index in [1.54, 1.807) is 42.0 Å². The minimum absolute atomic E-state index is 0.194. The molecular formula is C24H24N2O4. The van der Waals surface area contributed by atoms with E-state index in [9.17, 15) is 9.59 Å². The van der Waals surface area contributed by atoms with Crippen LogP contribution in [0.15, 0.2) is 53.5 Å². The second-order valence-corrected chi connectivity index (χ2v) is 7.01. The third kappa shape index (κ3) is 3.49. The van der Waals surface area contributed by atoms with E-state index in [-0.39, 0.29) is 12.5 Å². The van der Waals surface area contributed by atoms with Gasteiger partial charge in [-0.3, -0.25) is 19.1 Å². The summed E-state index contributed by atoms with van der Waals surface area (Å²) in [6.07, 6.45) is 2.27. The van der Waals surface area contributed by atoms with E-state index in [1.807, 2.05) is 31.2 Å². The standard InChI is InChI=1S/C24H24N2O4/c1-3-29-17-11-9-16(10-12-17)23(27)26-21-8-6-5-7-18(21)19-13-14-25-15-20(22(19)26)24(28)30-4-2/h5-12,15,20H,3-4,13-14H2,1-2H3. The van der Waals surface area contributed by atoms with Crippen LogP contribution in [0.5, 0.6) is 5.75 Å². The van der Waals surface area contributed by atoms with Gasteiger partial charge >= 0.3 is 5.97 Å². The Labute approximate surface area is 175 Å². The number of aromatic nitrogens is 1. The smallest absolute Gasteiger partial charge is 0.320 e. The molecule has 3 aromatic rings. The molecular weight excluding hydrogens is 380 g/mol. The molecule has 30 heavy (non-hydrogen) atoms. The number of benzene rings is 2. The highest BCUT2D eigenvalue weighted by atomic mass is 16.5. The van der Waals surface area contributed by atoms with Crippen LogP contribution >= 0.6 is 0 Å². The molecule has 0 spiro atoms. The number of fused-ring (bicyclic) bond motifs is 3. The van der Waals surface area contributed by atoms with Gasteiger partial charge in [-0.15, -0.1) is 0 Å². The van der Waals surface area contributed by atoms with Crippen molar-refractivity contribution in [1.82, 2.24) is 4.57 Å². The van der Waals surface area contributed by atoms with Gasteiger partial charge in [-0.2, -0.15) is 0 Å². The van der Waals surface area contributed by atoms with Crippen molar-refractivity contribution in [1.29, 1.82) is 0 Å². The Morgan fingerprint density at radius 2 is 1.83 bits per heavy atom. The number of carbonyl (C=O) groups excluding carboxylic acids is 2. The highest BCUT2D eigenvalue weighted by Crippen LogP contribution is 2.34. The summed E-state index contributed by atoms with van der Waals surface area (Å²) in [5.41, 5.74) is 2.92. The summed E-state index contributed by atoms with van der Waals surface area (Å²) in [6, 6.07) is 14.8. The zero-order chi connectivity index (χ0) is 21.1. The molecule has 154 valence electrons. The lowest BCUT2D eigenvalue weighted by molar-refractivity contribution is -0.143. The molecule has 0 radical (unpaired) electrons. The van der Waals surface area contributed by atoms with Gasteiger partial charge in [0.2, 0.25) is 0 Å². The molecule has 0 bridgehead atoms. The topological polar surface area (TPSA) is 69.9 Å². The number of para-hydroxylation sites is 1. The predicted octanol–water partition coefficient (Wildman–Crippen LogP) is 4.00. The van der Waals surface area contributed by atoms with Crippen molar-refractivity contribution in [3.63, 3.8) is 0 Å². The summed E-state index contributed by atoms with van der Waals surface area (Å²) in [5, 5.41) is 0.964. The first kappa shape index (κ1) is 19.9. The number of aliphatic imine (C=N–C) groups is 1. The summed E-state index contributed by atoms with van der Waals surface area (Å²) in [7, 11) is 0. The molecule has 0 aliphatic carbocycles. The molecule has 0 amide bonds. The van der Waals surface area contributed by atoms with Crippen molar-refractivity contribution in [2.75, 3.05) is 19.8 Å². The van der Waals surface area contributed by atoms with Gasteiger partial charge in [-0.1, -0.05) is 18.2 Å². The number of ether oxygens (including phenoxy) is 2. The Morgan fingerprint density at radius 3 is 2.57 bits per heavy atom. The molecule has 1 aliphatic heterocycles. The van der Waals surface area contributed by atoms with Gasteiger partial charge in [0.1, 0.15) is 11.7 Å². The Kier molecular flexibility index (Phi) is 5.65. The molecule has 0 N–H and O–H groups in total. The van der Waals surface area contributed by atoms with Crippen LogP contribution in [-0.4, -0.2) is 42.4 Å². The highest BCUT2D eigenvalue weighted by molar-refractivity contribution is 6.07. The van der Waals surface area contributed by atoms with E-state index in [1.165, 1.54) is 0 Å². The maximum absolute atomic E-state index is 13.6. The summed E-state index contributed by atoms with van der Waals surface area (Å²) in [6.45, 7) is 5.08. The van der Waals surface area contributed by atoms with Gasteiger partial charge in [-0.25, -0.2) is 0 Å². The van der Waals surface area contributed by atoms with Crippen LogP contribution in [0, 0.1) is 0 Å². The summed E-state index contributed by atoms with van der Waals surface area (Å²) < 4.78 is 12.4. The number of carbonyl (C=O) groups is 2. The largest absolute Gasteiger partial charge is 0.494 e. The fourth-order valence-electron chi connectivity index (χ4n) is 3.96. The number of nitrogens with zero attached hydrogens (tertiary/aromatic N) is 2. The Bertz CT molecular complexity index is 1110. The Morgan fingerprint density at radius 1 is 1.07 bits per heavy atom. The molecule has 6 heteroatoms. The minimum atomic E-state index is -0.721. The average Bonchev–Trinajstić information content (AvgIpc) is 2.92. The average molecular weight is 404 g/mol. The van der Waals surface area contributed by atoms with E-state index in [2.05, 4.69) is 4.99 Å². The van der Waals surface area contributed by atoms with Gasteiger partial charge in [0.25, 0.3) is 5.91 Å². The summed E-state index contributed by atoms with van der Waals surface area (Å²) in [5.74, 6) is -0.601. The number of rotatable bonds is 5. The molecule has 6 nitrogen and oxygen atoms in total. The van der Waals surface area contributed by atoms with Crippen molar-refractivity contribution in [2.45, 2.75) is 26.2 Å². The van der Waals surface area contributed by atoms with Crippen molar-refractivity contribution in [3.05, 3.63) is 65.4 Å². The van der Waals surface area contributed by atoms with E-state index in [0.29, 0.717) is 36.6 Å². The number of esters is 1. The highest BCUT2D eigenvalue weighted by Gasteiger charge is 2.32. The number of hydrogen-bond donors (Lipinski definition) is 0. The predicted molar refractivity (Wildman–Crippen MR) is 116 cm³/mol. The maximum atomic E-state index is 13.6. The zero-order valence-electron chi connectivity index (χ0n) is 17.1. The molecule has 4 rings (SSSR count). The zero-order valence-corrected chi connectivity index (χ0v) is 17.1. The van der Waals surface area contributed by atoms with E-state index in [0.717, 1.165) is 16.5 Å². The van der Waals surface area contributed by atoms with Gasteiger partial charge in [0, 0.05) is 29.4 Å². The summed E-state index contributed by atoms with van der Waals surface area (Å²) >= 11 is 0. The molecule has 1 aromatic heterocycles. The second-order valence-electron chi connectivity index (χ2n) is 7.01. The SMILES string of the molecule is CCOC(=O)C1C=NCCc2c1n(C(=O)c1ccc(OCC)cc1)c1ccccc21. The van der Waals surface area contributed by atoms with Crippen LogP contribution < -0.4 is 4.74 Å². The molecule has 1 aliphatic rings. The van der Waals surface area contributed by atoms with Crippen LogP contribution in [0.1, 0.15) is 41.4 Å². The lowest BCUT2D eigenvalue weighted by Gasteiger charge is -2.16. The van der Waals surface area contributed by atoms with Crippen molar-refractivity contribution in [3.8, 4) is 5.75 Å². The van der Waals surface area contributed by atoms with Gasteiger partial charge in [0.05, 0.1) is 18.7 Å². The maximum Gasteiger partial charge on any atom is 0.320 e. The van der Waals surface area contributed by atoms with Crippen molar-refractivity contribution < 1.29 is 19.1 Å². The first-order chi connectivity index (χ1) is 14.7. The first-order valence-electron chi connectivity index (χ1n) is 10.2. The molecule has 0 fully saturated rings. The molecule has 2 aromatic carbocycles. The number of hydrogen-bond acceptors (Lipinski definition) is 5. The van der Waals surface area contributed by atoms with Crippen LogP contribution in [0.4, 0.5) is 0 Å². The van der Waals surface area contributed by atoms with Crippen LogP contribution in [0.3, 0.4) is 0 Å². The van der Waals surface area contributed by atoms with E-state index in [4.69, 9.17) is 9.47 Å². The molecule has 0 saturated carbocycles. The second kappa shape index (κ2) is 8.53. The van der Waals surface area contributed by atoms with Crippen LogP contribution in [0.25, 0.3) is 10.9 Å². The van der Waals surface area contributed by atoms with Gasteiger partial charge < -0.3 is 9.47 Å². The lowest BCUT2D eigenvalue weighted by atomic mass is 10.00.